The van der Waals surface area contributed by atoms with Crippen LogP contribution >= 0.6 is 0 Å². The van der Waals surface area contributed by atoms with Gasteiger partial charge >= 0.3 is 5.97 Å². The molecule has 102 valence electrons. The summed E-state index contributed by atoms with van der Waals surface area (Å²) in [5.74, 6) is -0.891. The molecule has 1 aliphatic heterocycles. The van der Waals surface area contributed by atoms with E-state index in [0.717, 1.165) is 16.1 Å². The lowest BCUT2D eigenvalue weighted by Gasteiger charge is -2.07. The third kappa shape index (κ3) is 2.20. The molecule has 1 aliphatic rings. The van der Waals surface area contributed by atoms with Crippen molar-refractivity contribution in [1.82, 2.24) is 0 Å². The fraction of sp³-hybridized carbons (Fsp3) is 0.133. The van der Waals surface area contributed by atoms with Crippen molar-refractivity contribution in [1.29, 1.82) is 0 Å². The van der Waals surface area contributed by atoms with Crippen LogP contribution in [0.25, 0.3) is 0 Å². The predicted molar refractivity (Wildman–Crippen MR) is 76.3 cm³/mol. The molecule has 0 aromatic heterocycles. The molecule has 2 N–H and O–H groups in total. The van der Waals surface area contributed by atoms with Gasteiger partial charge in [-0.2, -0.15) is 0 Å². The number of carboxylic acids is 1. The van der Waals surface area contributed by atoms with E-state index in [4.69, 9.17) is 5.11 Å². The van der Waals surface area contributed by atoms with E-state index in [1.165, 1.54) is 0 Å². The summed E-state index contributed by atoms with van der Waals surface area (Å²) in [6.45, 7) is 0. The normalized spacial score (nSPS) is 18.1. The van der Waals surface area contributed by atoms with Crippen molar-refractivity contribution < 1.29 is 14.1 Å². The topological polar surface area (TPSA) is 66.4 Å². The van der Waals surface area contributed by atoms with Crippen LogP contribution in [0.5, 0.6) is 0 Å². The van der Waals surface area contributed by atoms with E-state index in [9.17, 15) is 9.00 Å². The molecule has 0 aliphatic carbocycles. The number of anilines is 1. The highest BCUT2D eigenvalue weighted by atomic mass is 32.2. The van der Waals surface area contributed by atoms with E-state index in [0.29, 0.717) is 11.3 Å². The standard InChI is InChI=1S/C15H13NO3S/c17-15(18)13-9-11-12(16-13)7-4-8-14(11)20(19)10-5-2-1-3-6-10/h1-8,13,16H,9H2,(H,17,18). The third-order valence-corrected chi connectivity index (χ3v) is 4.81. The predicted octanol–water partition coefficient (Wildman–Crippen LogP) is 2.27. The quantitative estimate of drug-likeness (QED) is 0.909. The average Bonchev–Trinajstić information content (AvgIpc) is 2.91. The van der Waals surface area contributed by atoms with Crippen molar-refractivity contribution in [2.24, 2.45) is 0 Å². The highest BCUT2D eigenvalue weighted by Gasteiger charge is 2.29. The first-order valence-corrected chi connectivity index (χ1v) is 7.40. The van der Waals surface area contributed by atoms with Gasteiger partial charge in [-0.3, -0.25) is 0 Å². The number of hydrogen-bond donors (Lipinski definition) is 2. The first-order valence-electron chi connectivity index (χ1n) is 6.25. The van der Waals surface area contributed by atoms with E-state index >= 15 is 0 Å². The van der Waals surface area contributed by atoms with Gasteiger partial charge in [0.15, 0.2) is 0 Å². The zero-order valence-electron chi connectivity index (χ0n) is 10.6. The maximum atomic E-state index is 12.6. The Morgan fingerprint density at radius 2 is 1.90 bits per heavy atom. The second-order valence-electron chi connectivity index (χ2n) is 4.60. The van der Waals surface area contributed by atoms with E-state index in [1.54, 1.807) is 12.1 Å². The minimum atomic E-state index is -1.29. The molecule has 5 heteroatoms. The Labute approximate surface area is 118 Å². The van der Waals surface area contributed by atoms with E-state index in [2.05, 4.69) is 5.32 Å². The largest absolute Gasteiger partial charge is 0.480 e. The van der Waals surface area contributed by atoms with Crippen LogP contribution in [0.4, 0.5) is 5.69 Å². The molecule has 2 aromatic carbocycles. The molecular weight excluding hydrogens is 274 g/mol. The lowest BCUT2D eigenvalue weighted by atomic mass is 10.1. The lowest BCUT2D eigenvalue weighted by molar-refractivity contribution is -0.137. The van der Waals surface area contributed by atoms with E-state index < -0.39 is 22.8 Å². The summed E-state index contributed by atoms with van der Waals surface area (Å²) in [6, 6.07) is 14.0. The maximum absolute atomic E-state index is 12.6. The number of carbonyl (C=O) groups is 1. The number of aliphatic carboxylic acids is 1. The van der Waals surface area contributed by atoms with E-state index in [1.807, 2.05) is 36.4 Å². The highest BCUT2D eigenvalue weighted by molar-refractivity contribution is 7.85. The van der Waals surface area contributed by atoms with Crippen molar-refractivity contribution in [2.75, 3.05) is 5.32 Å². The Bertz CT molecular complexity index is 685. The van der Waals surface area contributed by atoms with Crippen LogP contribution in [0.15, 0.2) is 58.3 Å². The highest BCUT2D eigenvalue weighted by Crippen LogP contribution is 2.32. The average molecular weight is 287 g/mol. The van der Waals surface area contributed by atoms with Gasteiger partial charge in [0.25, 0.3) is 0 Å². The fourth-order valence-electron chi connectivity index (χ4n) is 2.35. The lowest BCUT2D eigenvalue weighted by Crippen LogP contribution is -2.26. The van der Waals surface area contributed by atoms with Gasteiger partial charge in [-0.25, -0.2) is 9.00 Å². The van der Waals surface area contributed by atoms with Gasteiger partial charge in [-0.15, -0.1) is 0 Å². The van der Waals surface area contributed by atoms with Gasteiger partial charge in [0, 0.05) is 21.9 Å². The summed E-state index contributed by atoms with van der Waals surface area (Å²) < 4.78 is 12.6. The molecule has 2 atom stereocenters. The zero-order chi connectivity index (χ0) is 14.1. The molecule has 0 saturated heterocycles. The Kier molecular flexibility index (Phi) is 3.28. The first-order chi connectivity index (χ1) is 9.66. The molecule has 20 heavy (non-hydrogen) atoms. The van der Waals surface area contributed by atoms with E-state index in [-0.39, 0.29) is 0 Å². The summed E-state index contributed by atoms with van der Waals surface area (Å²) in [5.41, 5.74) is 1.60. The molecule has 0 fully saturated rings. The third-order valence-electron chi connectivity index (χ3n) is 3.33. The molecule has 0 spiro atoms. The summed E-state index contributed by atoms with van der Waals surface area (Å²) in [4.78, 5) is 12.5. The van der Waals surface area contributed by atoms with Crippen LogP contribution in [0.1, 0.15) is 5.56 Å². The summed E-state index contributed by atoms with van der Waals surface area (Å²) in [5, 5.41) is 12.0. The minimum absolute atomic E-state index is 0.361. The number of fused-ring (bicyclic) bond motifs is 1. The second kappa shape index (κ2) is 5.09. The van der Waals surface area contributed by atoms with Crippen LogP contribution in [-0.4, -0.2) is 21.3 Å². The fourth-order valence-corrected chi connectivity index (χ4v) is 3.63. The smallest absolute Gasteiger partial charge is 0.326 e. The van der Waals surface area contributed by atoms with Crippen molar-refractivity contribution >= 4 is 22.5 Å². The number of carboxylic acid groups (broad SMARTS) is 1. The van der Waals surface area contributed by atoms with Crippen LogP contribution in [0.2, 0.25) is 0 Å². The van der Waals surface area contributed by atoms with Gasteiger partial charge < -0.3 is 10.4 Å². The minimum Gasteiger partial charge on any atom is -0.480 e. The monoisotopic (exact) mass is 287 g/mol. The second-order valence-corrected chi connectivity index (χ2v) is 6.05. The van der Waals surface area contributed by atoms with Gasteiger partial charge in [-0.05, 0) is 29.8 Å². The van der Waals surface area contributed by atoms with Crippen LogP contribution in [0.3, 0.4) is 0 Å². The summed E-state index contributed by atoms with van der Waals surface area (Å²) in [6.07, 6.45) is 0.361. The number of hydrogen-bond acceptors (Lipinski definition) is 3. The van der Waals surface area contributed by atoms with Crippen molar-refractivity contribution in [3.05, 3.63) is 54.1 Å². The Balaban J connectivity index is 2.00. The molecule has 2 unspecified atom stereocenters. The molecular formula is C15H13NO3S. The van der Waals surface area contributed by atoms with Gasteiger partial charge in [0.2, 0.25) is 0 Å². The number of rotatable bonds is 3. The van der Waals surface area contributed by atoms with Crippen molar-refractivity contribution in [2.45, 2.75) is 22.3 Å². The number of nitrogens with one attached hydrogen (secondary N) is 1. The number of benzene rings is 2. The molecule has 3 rings (SSSR count). The Morgan fingerprint density at radius 1 is 1.15 bits per heavy atom. The molecule has 0 amide bonds. The van der Waals surface area contributed by atoms with Gasteiger partial charge in [0.05, 0.1) is 10.8 Å². The van der Waals surface area contributed by atoms with Crippen molar-refractivity contribution in [3.8, 4) is 0 Å². The van der Waals surface area contributed by atoms with Gasteiger partial charge in [0.1, 0.15) is 6.04 Å². The Hall–Kier alpha value is -2.14. The van der Waals surface area contributed by atoms with Crippen LogP contribution < -0.4 is 5.32 Å². The van der Waals surface area contributed by atoms with Crippen LogP contribution in [0, 0.1) is 0 Å². The SMILES string of the molecule is O=C(O)C1Cc2c(cccc2S(=O)c2ccccc2)N1. The van der Waals surface area contributed by atoms with Crippen LogP contribution in [-0.2, 0) is 22.0 Å². The molecule has 0 saturated carbocycles. The molecule has 1 heterocycles. The molecule has 2 aromatic rings. The Morgan fingerprint density at radius 3 is 2.60 bits per heavy atom. The summed E-state index contributed by atoms with van der Waals surface area (Å²) >= 11 is 0. The molecule has 0 bridgehead atoms. The summed E-state index contributed by atoms with van der Waals surface area (Å²) in [7, 11) is -1.29. The maximum Gasteiger partial charge on any atom is 0.326 e. The van der Waals surface area contributed by atoms with Gasteiger partial charge in [-0.1, -0.05) is 24.3 Å². The van der Waals surface area contributed by atoms with Crippen molar-refractivity contribution in [3.63, 3.8) is 0 Å². The first kappa shape index (κ1) is 12.9. The molecule has 4 nitrogen and oxygen atoms in total. The molecule has 0 radical (unpaired) electrons. The zero-order valence-corrected chi connectivity index (χ0v) is 11.4.